The van der Waals surface area contributed by atoms with E-state index in [0.29, 0.717) is 12.7 Å². The zero-order valence-corrected chi connectivity index (χ0v) is 13.0. The molecule has 2 aliphatic rings. The molecule has 0 bridgehead atoms. The Morgan fingerprint density at radius 1 is 1.14 bits per heavy atom. The van der Waals surface area contributed by atoms with Crippen molar-refractivity contribution in [2.24, 2.45) is 5.92 Å². The molecule has 1 aromatic rings. The van der Waals surface area contributed by atoms with E-state index in [0.717, 1.165) is 19.0 Å². The number of benzene rings is 1. The summed E-state index contributed by atoms with van der Waals surface area (Å²) >= 11 is 0. The first kappa shape index (κ1) is 15.0. The van der Waals surface area contributed by atoms with Gasteiger partial charge in [-0.3, -0.25) is 0 Å². The zero-order chi connectivity index (χ0) is 14.5. The van der Waals surface area contributed by atoms with Gasteiger partial charge < -0.3 is 14.8 Å². The highest BCUT2D eigenvalue weighted by molar-refractivity contribution is 5.24. The maximum absolute atomic E-state index is 6.34. The molecule has 0 spiro atoms. The number of ether oxygens (including phenoxy) is 2. The monoisotopic (exact) mass is 289 g/mol. The fourth-order valence-corrected chi connectivity index (χ4v) is 3.65. The molecule has 3 nitrogen and oxygen atoms in total. The molecule has 1 heterocycles. The van der Waals surface area contributed by atoms with Crippen LogP contribution in [0.2, 0.25) is 0 Å². The van der Waals surface area contributed by atoms with Gasteiger partial charge in [0.25, 0.3) is 0 Å². The summed E-state index contributed by atoms with van der Waals surface area (Å²) in [5.74, 6) is 0.889. The molecule has 1 aliphatic heterocycles. The second-order valence-electron chi connectivity index (χ2n) is 6.47. The third-order valence-corrected chi connectivity index (χ3v) is 4.79. The molecule has 3 heteroatoms. The van der Waals surface area contributed by atoms with Crippen LogP contribution in [0.5, 0.6) is 0 Å². The summed E-state index contributed by atoms with van der Waals surface area (Å²) in [5, 5.41) is 3.55. The summed E-state index contributed by atoms with van der Waals surface area (Å²) in [4.78, 5) is 0. The summed E-state index contributed by atoms with van der Waals surface area (Å²) in [7, 11) is 1.73. The smallest absolute Gasteiger partial charge is 0.0953 e. The molecule has 1 saturated heterocycles. The molecule has 21 heavy (non-hydrogen) atoms. The van der Waals surface area contributed by atoms with Crippen LogP contribution in [0.1, 0.15) is 49.3 Å². The first-order valence-corrected chi connectivity index (χ1v) is 8.29. The topological polar surface area (TPSA) is 30.5 Å². The quantitative estimate of drug-likeness (QED) is 0.900. The summed E-state index contributed by atoms with van der Waals surface area (Å²) in [5.41, 5.74) is 2.49. The fourth-order valence-electron chi connectivity index (χ4n) is 3.65. The van der Waals surface area contributed by atoms with Crippen molar-refractivity contribution in [3.8, 4) is 0 Å². The molecule has 2 unspecified atom stereocenters. The zero-order valence-electron chi connectivity index (χ0n) is 13.0. The molecule has 0 amide bonds. The van der Waals surface area contributed by atoms with Gasteiger partial charge in [0.15, 0.2) is 0 Å². The van der Waals surface area contributed by atoms with E-state index in [1.165, 1.54) is 43.2 Å². The maximum atomic E-state index is 6.34. The Kier molecular flexibility index (Phi) is 5.28. The average molecular weight is 289 g/mol. The molecule has 1 aromatic carbocycles. The van der Waals surface area contributed by atoms with Gasteiger partial charge in [-0.1, -0.05) is 49.9 Å². The second kappa shape index (κ2) is 7.39. The summed E-state index contributed by atoms with van der Waals surface area (Å²) in [6.45, 7) is 2.61. The Morgan fingerprint density at radius 2 is 1.90 bits per heavy atom. The SMILES string of the molecule is COCc1ccc(C2CNCC(CC3CCCC3)O2)cc1. The molecular formula is C18H27NO2. The molecule has 1 saturated carbocycles. The number of hydrogen-bond acceptors (Lipinski definition) is 3. The molecule has 1 aliphatic carbocycles. The lowest BCUT2D eigenvalue weighted by molar-refractivity contribution is -0.0489. The predicted molar refractivity (Wildman–Crippen MR) is 84.2 cm³/mol. The lowest BCUT2D eigenvalue weighted by atomic mass is 9.98. The number of methoxy groups -OCH3 is 1. The van der Waals surface area contributed by atoms with Crippen molar-refractivity contribution in [3.63, 3.8) is 0 Å². The van der Waals surface area contributed by atoms with Crippen LogP contribution in [0.25, 0.3) is 0 Å². The molecule has 2 atom stereocenters. The van der Waals surface area contributed by atoms with Crippen molar-refractivity contribution in [2.45, 2.75) is 50.9 Å². The van der Waals surface area contributed by atoms with Crippen LogP contribution in [-0.4, -0.2) is 26.3 Å². The Morgan fingerprint density at radius 3 is 2.62 bits per heavy atom. The van der Waals surface area contributed by atoms with E-state index in [4.69, 9.17) is 9.47 Å². The lowest BCUT2D eigenvalue weighted by Gasteiger charge is -2.32. The molecular weight excluding hydrogens is 262 g/mol. The highest BCUT2D eigenvalue weighted by atomic mass is 16.5. The van der Waals surface area contributed by atoms with Crippen LogP contribution in [0.4, 0.5) is 0 Å². The first-order valence-electron chi connectivity index (χ1n) is 8.29. The first-order chi connectivity index (χ1) is 10.3. The molecule has 2 fully saturated rings. The summed E-state index contributed by atoms with van der Waals surface area (Å²) < 4.78 is 11.5. The Balaban J connectivity index is 1.56. The minimum atomic E-state index is 0.196. The van der Waals surface area contributed by atoms with Gasteiger partial charge in [0.1, 0.15) is 0 Å². The van der Waals surface area contributed by atoms with Crippen LogP contribution in [0, 0.1) is 5.92 Å². The van der Waals surface area contributed by atoms with E-state index in [1.807, 2.05) is 0 Å². The summed E-state index contributed by atoms with van der Waals surface area (Å²) in [6, 6.07) is 8.64. The van der Waals surface area contributed by atoms with Gasteiger partial charge >= 0.3 is 0 Å². The van der Waals surface area contributed by atoms with Gasteiger partial charge in [0.05, 0.1) is 18.8 Å². The number of nitrogens with one attached hydrogen (secondary N) is 1. The third kappa shape index (κ3) is 4.06. The van der Waals surface area contributed by atoms with Crippen molar-refractivity contribution >= 4 is 0 Å². The van der Waals surface area contributed by atoms with Crippen LogP contribution < -0.4 is 5.32 Å². The van der Waals surface area contributed by atoms with Gasteiger partial charge in [0, 0.05) is 20.2 Å². The van der Waals surface area contributed by atoms with Crippen molar-refractivity contribution in [2.75, 3.05) is 20.2 Å². The fraction of sp³-hybridized carbons (Fsp3) is 0.667. The molecule has 3 rings (SSSR count). The highest BCUT2D eigenvalue weighted by Crippen LogP contribution is 2.32. The maximum Gasteiger partial charge on any atom is 0.0953 e. The van der Waals surface area contributed by atoms with Crippen LogP contribution in [0.3, 0.4) is 0 Å². The van der Waals surface area contributed by atoms with Crippen molar-refractivity contribution in [1.82, 2.24) is 5.32 Å². The molecule has 0 radical (unpaired) electrons. The Hall–Kier alpha value is -0.900. The minimum absolute atomic E-state index is 0.196. The summed E-state index contributed by atoms with van der Waals surface area (Å²) in [6.07, 6.45) is 7.43. The van der Waals surface area contributed by atoms with Crippen LogP contribution in [0.15, 0.2) is 24.3 Å². The van der Waals surface area contributed by atoms with E-state index in [2.05, 4.69) is 29.6 Å². The molecule has 116 valence electrons. The predicted octanol–water partition coefficient (Wildman–Crippen LogP) is 3.44. The van der Waals surface area contributed by atoms with Gasteiger partial charge in [-0.25, -0.2) is 0 Å². The van der Waals surface area contributed by atoms with E-state index < -0.39 is 0 Å². The van der Waals surface area contributed by atoms with E-state index in [9.17, 15) is 0 Å². The van der Waals surface area contributed by atoms with Crippen molar-refractivity contribution < 1.29 is 9.47 Å². The van der Waals surface area contributed by atoms with E-state index in [-0.39, 0.29) is 6.10 Å². The number of morpholine rings is 1. The van der Waals surface area contributed by atoms with Crippen LogP contribution in [-0.2, 0) is 16.1 Å². The lowest BCUT2D eigenvalue weighted by Crippen LogP contribution is -2.41. The normalized spacial score (nSPS) is 27.1. The van der Waals surface area contributed by atoms with Gasteiger partial charge in [0.2, 0.25) is 0 Å². The third-order valence-electron chi connectivity index (χ3n) is 4.79. The Bertz CT molecular complexity index is 425. The number of rotatable bonds is 5. The Labute approximate surface area is 128 Å². The van der Waals surface area contributed by atoms with E-state index >= 15 is 0 Å². The molecule has 0 aromatic heterocycles. The minimum Gasteiger partial charge on any atom is -0.380 e. The van der Waals surface area contributed by atoms with Gasteiger partial charge in [-0.15, -0.1) is 0 Å². The largest absolute Gasteiger partial charge is 0.380 e. The second-order valence-corrected chi connectivity index (χ2v) is 6.47. The van der Waals surface area contributed by atoms with Gasteiger partial charge in [-0.2, -0.15) is 0 Å². The average Bonchev–Trinajstić information content (AvgIpc) is 3.02. The highest BCUT2D eigenvalue weighted by Gasteiger charge is 2.27. The van der Waals surface area contributed by atoms with Crippen molar-refractivity contribution in [1.29, 1.82) is 0 Å². The van der Waals surface area contributed by atoms with Crippen LogP contribution >= 0.6 is 0 Å². The van der Waals surface area contributed by atoms with E-state index in [1.54, 1.807) is 7.11 Å². The number of hydrogen-bond donors (Lipinski definition) is 1. The standard InChI is InChI=1S/C18H27NO2/c1-20-13-15-6-8-16(9-7-15)18-12-19-11-17(21-18)10-14-4-2-3-5-14/h6-9,14,17-19H,2-5,10-13H2,1H3. The molecule has 1 N–H and O–H groups in total. The van der Waals surface area contributed by atoms with Gasteiger partial charge in [-0.05, 0) is 23.5 Å². The van der Waals surface area contributed by atoms with Crippen molar-refractivity contribution in [3.05, 3.63) is 35.4 Å².